The van der Waals surface area contributed by atoms with Gasteiger partial charge in [-0.1, -0.05) is 90.4 Å². The summed E-state index contributed by atoms with van der Waals surface area (Å²) in [5, 5.41) is 38.7. The molecule has 0 saturated carbocycles. The minimum Gasteiger partial charge on any atom is -0.394 e. The van der Waals surface area contributed by atoms with Crippen molar-refractivity contribution in [3.8, 4) is 0 Å². The molecule has 4 atom stereocenters. The molecule has 0 aromatic rings. The normalized spacial score (nSPS) is 24.7. The molecule has 0 aromatic heterocycles. The predicted octanol–water partition coefficient (Wildman–Crippen LogP) is 4.27. The summed E-state index contributed by atoms with van der Waals surface area (Å²) < 4.78 is 11.1. The molecule has 31 heavy (non-hydrogen) atoms. The van der Waals surface area contributed by atoms with Crippen LogP contribution < -0.4 is 0 Å². The third-order valence-electron chi connectivity index (χ3n) is 6.22. The molecule has 4 N–H and O–H groups in total. The van der Waals surface area contributed by atoms with Gasteiger partial charge in [-0.2, -0.15) is 0 Å². The fourth-order valence-corrected chi connectivity index (χ4v) is 4.13. The van der Waals surface area contributed by atoms with Gasteiger partial charge in [0.05, 0.1) is 6.61 Å². The molecule has 0 spiro atoms. The van der Waals surface area contributed by atoms with Gasteiger partial charge >= 0.3 is 0 Å². The van der Waals surface area contributed by atoms with Crippen LogP contribution in [-0.4, -0.2) is 64.7 Å². The van der Waals surface area contributed by atoms with Gasteiger partial charge in [0.15, 0.2) is 0 Å². The molecule has 1 radical (unpaired) electrons. The summed E-state index contributed by atoms with van der Waals surface area (Å²) in [7, 11) is 0. The van der Waals surface area contributed by atoms with Crippen molar-refractivity contribution in [2.45, 2.75) is 134 Å². The smallest absolute Gasteiger partial charge is 0.129 e. The molecule has 0 bridgehead atoms. The minimum absolute atomic E-state index is 0.317. The van der Waals surface area contributed by atoms with Crippen LogP contribution in [0.4, 0.5) is 0 Å². The lowest BCUT2D eigenvalue weighted by Crippen LogP contribution is -2.55. The van der Waals surface area contributed by atoms with Crippen LogP contribution in [0.2, 0.25) is 0 Å². The van der Waals surface area contributed by atoms with E-state index in [9.17, 15) is 20.4 Å². The van der Waals surface area contributed by atoms with Crippen molar-refractivity contribution in [2.75, 3.05) is 19.8 Å². The van der Waals surface area contributed by atoms with Crippen LogP contribution in [0.25, 0.3) is 0 Å². The second-order valence-electron chi connectivity index (χ2n) is 9.04. The first-order chi connectivity index (χ1) is 15.1. The third kappa shape index (κ3) is 13.2. The number of ether oxygens (including phenoxy) is 2. The molecule has 1 rings (SSSR count). The molecule has 0 amide bonds. The fraction of sp³-hybridized carbons (Fsp3) is 0.960. The van der Waals surface area contributed by atoms with Crippen molar-refractivity contribution in [2.24, 2.45) is 0 Å². The van der Waals surface area contributed by atoms with Crippen molar-refractivity contribution < 1.29 is 29.9 Å². The lowest BCUT2D eigenvalue weighted by Gasteiger charge is -2.39. The van der Waals surface area contributed by atoms with Gasteiger partial charge < -0.3 is 29.9 Å². The molecule has 1 heterocycles. The summed E-state index contributed by atoms with van der Waals surface area (Å²) in [5.41, 5.74) is 0. The molecule has 185 valence electrons. The number of aliphatic hydroxyl groups excluding tert-OH is 4. The van der Waals surface area contributed by atoms with Gasteiger partial charge in [0.2, 0.25) is 0 Å². The summed E-state index contributed by atoms with van der Waals surface area (Å²) in [5.74, 6) is 0. The molecule has 0 aromatic carbocycles. The Kier molecular flexibility index (Phi) is 17.9. The molecular weight excluding hydrogens is 396 g/mol. The van der Waals surface area contributed by atoms with E-state index in [-0.39, 0.29) is 0 Å². The SMILES string of the molecule is CCCCCCCCCCCCCCCCOCCC[C]1O[C@H](CO)[C@H](O)[C@H](O)[C@H]1O. The summed E-state index contributed by atoms with van der Waals surface area (Å²) >= 11 is 0. The van der Waals surface area contributed by atoms with Gasteiger partial charge in [-0.05, 0) is 19.3 Å². The van der Waals surface area contributed by atoms with Crippen LogP contribution in [0.15, 0.2) is 0 Å². The Labute approximate surface area is 190 Å². The van der Waals surface area contributed by atoms with Gasteiger partial charge in [0, 0.05) is 13.2 Å². The predicted molar refractivity (Wildman–Crippen MR) is 124 cm³/mol. The zero-order valence-corrected chi connectivity index (χ0v) is 19.8. The number of unbranched alkanes of at least 4 members (excludes halogenated alkanes) is 13. The van der Waals surface area contributed by atoms with Gasteiger partial charge in [0.1, 0.15) is 30.5 Å². The molecule has 1 saturated heterocycles. The van der Waals surface area contributed by atoms with Crippen LogP contribution in [0, 0.1) is 6.10 Å². The van der Waals surface area contributed by atoms with Gasteiger partial charge in [-0.15, -0.1) is 0 Å². The van der Waals surface area contributed by atoms with Crippen molar-refractivity contribution in [3.63, 3.8) is 0 Å². The molecule has 0 aliphatic carbocycles. The average Bonchev–Trinajstić information content (AvgIpc) is 2.78. The summed E-state index contributed by atoms with van der Waals surface area (Å²) in [4.78, 5) is 0. The Bertz CT molecular complexity index is 392. The van der Waals surface area contributed by atoms with Crippen molar-refractivity contribution >= 4 is 0 Å². The van der Waals surface area contributed by atoms with E-state index >= 15 is 0 Å². The second kappa shape index (κ2) is 19.2. The highest BCUT2D eigenvalue weighted by atomic mass is 16.5. The molecule has 1 fully saturated rings. The lowest BCUT2D eigenvalue weighted by molar-refractivity contribution is -0.192. The van der Waals surface area contributed by atoms with Crippen molar-refractivity contribution in [1.82, 2.24) is 0 Å². The van der Waals surface area contributed by atoms with Crippen LogP contribution in [0.1, 0.15) is 110 Å². The van der Waals surface area contributed by atoms with E-state index in [2.05, 4.69) is 6.92 Å². The Morgan fingerprint density at radius 3 is 1.68 bits per heavy atom. The zero-order valence-electron chi connectivity index (χ0n) is 19.8. The first-order valence-electron chi connectivity index (χ1n) is 12.9. The van der Waals surface area contributed by atoms with Crippen molar-refractivity contribution in [3.05, 3.63) is 6.10 Å². The quantitative estimate of drug-likeness (QED) is 0.209. The standard InChI is InChI=1S/C25H49O6/c1-2-3-4-5-6-7-8-9-10-11-12-13-14-15-18-30-19-16-17-21-23(27)25(29)24(28)22(20-26)31-21/h22-29H,2-20H2,1H3/t22-,23+,24+,25-/m1/s1. The van der Waals surface area contributed by atoms with Crippen molar-refractivity contribution in [1.29, 1.82) is 0 Å². The Hall–Kier alpha value is -0.240. The van der Waals surface area contributed by atoms with Crippen LogP contribution in [0.3, 0.4) is 0 Å². The van der Waals surface area contributed by atoms with Crippen LogP contribution in [-0.2, 0) is 9.47 Å². The summed E-state index contributed by atoms with van der Waals surface area (Å²) in [6, 6.07) is 0. The number of hydrogen-bond acceptors (Lipinski definition) is 6. The van der Waals surface area contributed by atoms with Crippen LogP contribution >= 0.6 is 0 Å². The molecular formula is C25H49O6. The van der Waals surface area contributed by atoms with E-state index < -0.39 is 31.0 Å². The maximum absolute atomic E-state index is 9.97. The van der Waals surface area contributed by atoms with Gasteiger partial charge in [0.25, 0.3) is 0 Å². The molecule has 1 aliphatic heterocycles. The second-order valence-corrected chi connectivity index (χ2v) is 9.04. The summed E-state index contributed by atoms with van der Waals surface area (Å²) in [6.45, 7) is 3.19. The number of hydrogen-bond donors (Lipinski definition) is 4. The highest BCUT2D eigenvalue weighted by Crippen LogP contribution is 2.29. The third-order valence-corrected chi connectivity index (χ3v) is 6.22. The molecule has 0 unspecified atom stereocenters. The van der Waals surface area contributed by atoms with E-state index in [1.807, 2.05) is 0 Å². The maximum atomic E-state index is 9.97. The molecule has 1 aliphatic rings. The largest absolute Gasteiger partial charge is 0.394 e. The number of rotatable bonds is 20. The first kappa shape index (κ1) is 28.8. The lowest BCUT2D eigenvalue weighted by atomic mass is 9.93. The summed E-state index contributed by atoms with van der Waals surface area (Å²) in [6.07, 6.45) is 15.5. The Balaban J connectivity index is 1.84. The van der Waals surface area contributed by atoms with Crippen LogP contribution in [0.5, 0.6) is 0 Å². The monoisotopic (exact) mass is 445 g/mol. The van der Waals surface area contributed by atoms with E-state index in [1.165, 1.54) is 83.5 Å². The molecule has 6 heteroatoms. The molecule has 6 nitrogen and oxygen atoms in total. The highest BCUT2D eigenvalue weighted by molar-refractivity contribution is 5.01. The minimum atomic E-state index is -1.32. The first-order valence-corrected chi connectivity index (χ1v) is 12.9. The van der Waals surface area contributed by atoms with Gasteiger partial charge in [-0.25, -0.2) is 0 Å². The van der Waals surface area contributed by atoms with E-state index in [0.717, 1.165) is 13.0 Å². The topological polar surface area (TPSA) is 99.4 Å². The highest BCUT2D eigenvalue weighted by Gasteiger charge is 2.43. The Morgan fingerprint density at radius 1 is 0.677 bits per heavy atom. The van der Waals surface area contributed by atoms with Gasteiger partial charge in [-0.3, -0.25) is 0 Å². The fourth-order valence-electron chi connectivity index (χ4n) is 4.13. The maximum Gasteiger partial charge on any atom is 0.129 e. The number of aliphatic hydroxyl groups is 4. The Morgan fingerprint density at radius 2 is 1.16 bits per heavy atom. The van der Waals surface area contributed by atoms with E-state index in [4.69, 9.17) is 9.47 Å². The van der Waals surface area contributed by atoms with E-state index in [1.54, 1.807) is 0 Å². The average molecular weight is 446 g/mol. The zero-order chi connectivity index (χ0) is 22.7. The van der Waals surface area contributed by atoms with E-state index in [0.29, 0.717) is 25.6 Å².